The van der Waals surface area contributed by atoms with Crippen molar-refractivity contribution < 1.29 is 17.5 Å². The maximum atomic E-state index is 13.1. The molecule has 4 rings (SSSR count). The van der Waals surface area contributed by atoms with Crippen molar-refractivity contribution in [2.24, 2.45) is 0 Å². The molecule has 0 spiro atoms. The van der Waals surface area contributed by atoms with E-state index < -0.39 is 19.4 Å². The molecular weight excluding hydrogens is 441 g/mol. The van der Waals surface area contributed by atoms with Crippen LogP contribution in [0, 0.1) is 0 Å². The number of hydrogen-bond donors (Lipinski definition) is 1. The van der Waals surface area contributed by atoms with Crippen LogP contribution in [0.2, 0.25) is 13.1 Å². The summed E-state index contributed by atoms with van der Waals surface area (Å²) in [6.45, 7) is 2.62. The van der Waals surface area contributed by atoms with Gasteiger partial charge in [0, 0.05) is 0 Å². The molecule has 1 aliphatic carbocycles. The van der Waals surface area contributed by atoms with E-state index in [1.54, 1.807) is 12.1 Å². The number of halogens is 2. The molecule has 0 unspecified atom stereocenters. The first kappa shape index (κ1) is 19.9. The van der Waals surface area contributed by atoms with Crippen LogP contribution in [0.15, 0.2) is 72.8 Å². The van der Waals surface area contributed by atoms with Gasteiger partial charge in [-0.25, -0.2) is 0 Å². The Bertz CT molecular complexity index is 1070. The van der Waals surface area contributed by atoms with E-state index in [9.17, 15) is 4.79 Å². The summed E-state index contributed by atoms with van der Waals surface area (Å²) in [5.41, 5.74) is 5.48. The molecule has 1 amide bonds. The van der Waals surface area contributed by atoms with E-state index in [2.05, 4.69) is 47.2 Å². The normalized spacial score (nSPS) is 14.1. The van der Waals surface area contributed by atoms with E-state index in [0.29, 0.717) is 5.56 Å². The van der Waals surface area contributed by atoms with E-state index in [0.717, 1.165) is 10.3 Å². The molecule has 3 aromatic rings. The average molecular weight is 463 g/mol. The zero-order chi connectivity index (χ0) is 20.0. The molecule has 1 N–H and O–H groups in total. The van der Waals surface area contributed by atoms with Crippen LogP contribution < -0.4 is 7.67 Å². The molecule has 0 bridgehead atoms. The van der Waals surface area contributed by atoms with Gasteiger partial charge in [-0.3, -0.25) is 0 Å². The molecule has 143 valence electrons. The van der Waals surface area contributed by atoms with Gasteiger partial charge >= 0.3 is 176 Å². The Morgan fingerprint density at radius 1 is 0.893 bits per heavy atom. The molecule has 0 heterocycles. The van der Waals surface area contributed by atoms with Crippen molar-refractivity contribution in [1.82, 2.24) is 3.80 Å². The molecule has 3 aromatic carbocycles. The molecule has 2 nitrogen and oxygen atoms in total. The predicted molar refractivity (Wildman–Crippen MR) is 119 cm³/mol. The summed E-state index contributed by atoms with van der Waals surface area (Å²) in [5, 5.41) is 0. The first-order valence-corrected chi connectivity index (χ1v) is 20.9. The van der Waals surface area contributed by atoms with Crippen molar-refractivity contribution in [1.29, 1.82) is 0 Å². The van der Waals surface area contributed by atoms with Crippen LogP contribution in [-0.4, -0.2) is 12.6 Å². The average Bonchev–Trinajstić information content (AvgIpc) is 3.07. The van der Waals surface area contributed by atoms with E-state index in [-0.39, 0.29) is 5.91 Å². The summed E-state index contributed by atoms with van der Waals surface area (Å²) in [6.07, 6.45) is 0.808. The molecule has 1 aliphatic rings. The first-order chi connectivity index (χ1) is 13.3. The summed E-state index contributed by atoms with van der Waals surface area (Å²) >= 11 is -4.52. The quantitative estimate of drug-likeness (QED) is 0.414. The van der Waals surface area contributed by atoms with Gasteiger partial charge in [-0.2, -0.15) is 0 Å². The van der Waals surface area contributed by atoms with Crippen LogP contribution in [0.4, 0.5) is 0 Å². The van der Waals surface area contributed by atoms with Crippen molar-refractivity contribution in [3.63, 3.8) is 0 Å². The number of rotatable bonds is 4. The molecule has 0 saturated carbocycles. The molecular formula is C22H22Cl2NOSiTi. The van der Waals surface area contributed by atoms with Crippen LogP contribution in [-0.2, 0) is 19.1 Å². The fraction of sp³-hybridized carbons (Fsp3) is 0.136. The number of benzene rings is 3. The predicted octanol–water partition coefficient (Wildman–Crippen LogP) is 5.21. The Kier molecular flexibility index (Phi) is 5.10. The van der Waals surface area contributed by atoms with Crippen molar-refractivity contribution >= 4 is 35.0 Å². The molecule has 6 heteroatoms. The summed E-state index contributed by atoms with van der Waals surface area (Å²) < 4.78 is 4.19. The van der Waals surface area contributed by atoms with Crippen molar-refractivity contribution in [3.8, 4) is 11.1 Å². The van der Waals surface area contributed by atoms with Gasteiger partial charge < -0.3 is 0 Å². The van der Waals surface area contributed by atoms with Crippen LogP contribution in [0.25, 0.3) is 11.1 Å². The fourth-order valence-electron chi connectivity index (χ4n) is 3.98. The summed E-state index contributed by atoms with van der Waals surface area (Å²) in [5.74, 6) is -0.183. The SMILES string of the molecule is C[SiH](C)[Ti]([Cl])([Cl])([NH]C(=O)c1ccccc1)[c]1cccc2c1Cc1ccccc1-2. The summed E-state index contributed by atoms with van der Waals surface area (Å²) in [7, 11) is 14.8. The van der Waals surface area contributed by atoms with Gasteiger partial charge in [0.05, 0.1) is 0 Å². The topological polar surface area (TPSA) is 29.1 Å². The van der Waals surface area contributed by atoms with Crippen molar-refractivity contribution in [2.45, 2.75) is 19.5 Å². The third-order valence-electron chi connectivity index (χ3n) is 5.74. The van der Waals surface area contributed by atoms with Gasteiger partial charge in [0.15, 0.2) is 0 Å². The van der Waals surface area contributed by atoms with Crippen molar-refractivity contribution in [2.75, 3.05) is 0 Å². The number of hydrogen-bond acceptors (Lipinski definition) is 1. The minimum atomic E-state index is -4.52. The second kappa shape index (κ2) is 7.16. The molecule has 0 fully saturated rings. The van der Waals surface area contributed by atoms with E-state index >= 15 is 0 Å². The van der Waals surface area contributed by atoms with E-state index in [1.807, 2.05) is 30.3 Å². The third kappa shape index (κ3) is 3.20. The standard InChI is InChI=1S/C13H9.C7H7NO.C2H7Si.2ClH.Ti/c1-3-7-12-10(5-1)9-11-6-2-4-8-13(11)12;8-7(9)6-4-2-1-3-5-6;1-3-2;;;/h1-5,7-8H,9H2;1-5H,(H2,8,9);3H,1-2H3;2*1H;/q;;;;;+3/p-3. The minimum absolute atomic E-state index is 0.183. The van der Waals surface area contributed by atoms with E-state index in [4.69, 9.17) is 18.6 Å². The van der Waals surface area contributed by atoms with Crippen LogP contribution in [0.5, 0.6) is 0 Å². The van der Waals surface area contributed by atoms with E-state index in [1.165, 1.54) is 22.3 Å². The fourth-order valence-corrected chi connectivity index (χ4v) is 15.9. The Morgan fingerprint density at radius 2 is 1.54 bits per heavy atom. The molecule has 0 atom stereocenters. The van der Waals surface area contributed by atoms with Crippen LogP contribution in [0.1, 0.15) is 21.5 Å². The van der Waals surface area contributed by atoms with Crippen LogP contribution in [0.3, 0.4) is 0 Å². The van der Waals surface area contributed by atoms with Crippen molar-refractivity contribution in [3.05, 3.63) is 89.5 Å². The first-order valence-electron chi connectivity index (χ1n) is 9.46. The van der Waals surface area contributed by atoms with Crippen LogP contribution >= 0.6 is 18.6 Å². The Labute approximate surface area is 175 Å². The number of carbonyl (C=O) groups is 1. The van der Waals surface area contributed by atoms with Gasteiger partial charge in [-0.1, -0.05) is 0 Å². The molecule has 0 aliphatic heterocycles. The zero-order valence-electron chi connectivity index (χ0n) is 15.9. The van der Waals surface area contributed by atoms with Gasteiger partial charge in [0.1, 0.15) is 0 Å². The second-order valence-corrected chi connectivity index (χ2v) is 35.1. The number of amides is 1. The molecule has 0 saturated heterocycles. The number of carbonyl (C=O) groups excluding carboxylic acids is 1. The maximum absolute atomic E-state index is 13.1. The third-order valence-corrected chi connectivity index (χ3v) is 35.7. The Morgan fingerprint density at radius 3 is 2.25 bits per heavy atom. The second-order valence-electron chi connectivity index (χ2n) is 7.72. The van der Waals surface area contributed by atoms with Gasteiger partial charge in [0.2, 0.25) is 0 Å². The van der Waals surface area contributed by atoms with Gasteiger partial charge in [-0.15, -0.1) is 0 Å². The summed E-state index contributed by atoms with van der Waals surface area (Å²) in [6, 6.07) is 23.8. The van der Waals surface area contributed by atoms with Gasteiger partial charge in [0.25, 0.3) is 0 Å². The number of nitrogens with one attached hydrogen (secondary N) is 1. The zero-order valence-corrected chi connectivity index (χ0v) is 20.1. The monoisotopic (exact) mass is 462 g/mol. The summed E-state index contributed by atoms with van der Waals surface area (Å²) in [4.78, 5) is 13.1. The molecule has 28 heavy (non-hydrogen) atoms. The van der Waals surface area contributed by atoms with Gasteiger partial charge in [-0.05, 0) is 0 Å². The molecule has 0 aromatic heterocycles. The number of fused-ring (bicyclic) bond motifs is 3. The Balaban J connectivity index is 1.84. The Hall–Kier alpha value is -1.36. The molecule has 0 radical (unpaired) electrons.